The zero-order valence-corrected chi connectivity index (χ0v) is 16.0. The van der Waals surface area contributed by atoms with E-state index in [0.717, 1.165) is 5.57 Å². The van der Waals surface area contributed by atoms with Crippen LogP contribution in [0.5, 0.6) is 5.75 Å². The van der Waals surface area contributed by atoms with Gasteiger partial charge in [-0.1, -0.05) is 5.57 Å². The number of hydrogen-bond donors (Lipinski definition) is 2. The van der Waals surface area contributed by atoms with Gasteiger partial charge in [0.2, 0.25) is 0 Å². The zero-order valence-electron chi connectivity index (χ0n) is 16.0. The predicted octanol–water partition coefficient (Wildman–Crippen LogP) is 2.48. The number of benzene rings is 1. The molecule has 0 radical (unpaired) electrons. The molecule has 1 aromatic heterocycles. The highest BCUT2D eigenvalue weighted by Gasteiger charge is 2.37. The maximum atomic E-state index is 12.2. The molecule has 7 heteroatoms. The largest absolute Gasteiger partial charge is 0.496 e. The molecule has 0 saturated heterocycles. The van der Waals surface area contributed by atoms with Crippen molar-refractivity contribution < 1.29 is 28.9 Å². The molecule has 0 aliphatic rings. The molecule has 0 spiro atoms. The summed E-state index contributed by atoms with van der Waals surface area (Å²) in [7, 11) is 1.40. The van der Waals surface area contributed by atoms with E-state index in [1.165, 1.54) is 39.2 Å². The topological polar surface area (TPSA) is 106 Å². The van der Waals surface area contributed by atoms with Crippen molar-refractivity contribution in [3.8, 4) is 5.75 Å². The Bertz CT molecular complexity index is 914. The molecule has 1 heterocycles. The third-order valence-corrected chi connectivity index (χ3v) is 3.94. The summed E-state index contributed by atoms with van der Waals surface area (Å²) in [6.45, 7) is 6.29. The number of methoxy groups -OCH3 is 1. The Kier molecular flexibility index (Phi) is 6.08. The molecule has 7 nitrogen and oxygen atoms in total. The highest BCUT2D eigenvalue weighted by Crippen LogP contribution is 2.36. The first-order valence-electron chi connectivity index (χ1n) is 8.40. The fourth-order valence-electron chi connectivity index (χ4n) is 2.58. The molecule has 146 valence electrons. The van der Waals surface area contributed by atoms with Crippen LogP contribution >= 0.6 is 0 Å². The number of esters is 1. The van der Waals surface area contributed by atoms with E-state index in [1.807, 2.05) is 0 Å². The first-order chi connectivity index (χ1) is 12.5. The molecule has 0 bridgehead atoms. The van der Waals surface area contributed by atoms with Crippen LogP contribution in [0.3, 0.4) is 0 Å². The van der Waals surface area contributed by atoms with E-state index in [4.69, 9.17) is 13.9 Å². The van der Waals surface area contributed by atoms with Crippen molar-refractivity contribution in [1.29, 1.82) is 0 Å². The highest BCUT2D eigenvalue weighted by atomic mass is 16.6. The molecule has 0 aliphatic heterocycles. The average molecular weight is 376 g/mol. The lowest BCUT2D eigenvalue weighted by Gasteiger charge is -2.32. The SMILES string of the molecule is COc1cc2oc(=O)ccc2cc1[C@H](OC(=O)C=C(C)C)[C@H](O)C(C)(C)O. The molecule has 0 saturated carbocycles. The second-order valence-corrected chi connectivity index (χ2v) is 7.06. The Morgan fingerprint density at radius 1 is 1.26 bits per heavy atom. The van der Waals surface area contributed by atoms with E-state index in [9.17, 15) is 19.8 Å². The molecule has 27 heavy (non-hydrogen) atoms. The number of fused-ring (bicyclic) bond motifs is 1. The van der Waals surface area contributed by atoms with Crippen LogP contribution in [0.4, 0.5) is 0 Å². The number of carbonyl (C=O) groups is 1. The molecular formula is C20H24O7. The van der Waals surface area contributed by atoms with Gasteiger partial charge in [0, 0.05) is 29.2 Å². The molecule has 1 aromatic carbocycles. The van der Waals surface area contributed by atoms with Gasteiger partial charge in [-0.05, 0) is 39.8 Å². The van der Waals surface area contributed by atoms with Gasteiger partial charge in [-0.15, -0.1) is 0 Å². The Morgan fingerprint density at radius 2 is 1.93 bits per heavy atom. The van der Waals surface area contributed by atoms with Gasteiger partial charge in [-0.25, -0.2) is 9.59 Å². The van der Waals surface area contributed by atoms with Gasteiger partial charge in [-0.3, -0.25) is 0 Å². The van der Waals surface area contributed by atoms with Crippen LogP contribution in [0.15, 0.2) is 45.1 Å². The van der Waals surface area contributed by atoms with E-state index in [-0.39, 0.29) is 11.3 Å². The van der Waals surface area contributed by atoms with Crippen LogP contribution in [0.2, 0.25) is 0 Å². The summed E-state index contributed by atoms with van der Waals surface area (Å²) in [6, 6.07) is 5.88. The minimum atomic E-state index is -1.56. The van der Waals surface area contributed by atoms with Crippen molar-refractivity contribution in [2.75, 3.05) is 7.11 Å². The summed E-state index contributed by atoms with van der Waals surface area (Å²) >= 11 is 0. The predicted molar refractivity (Wildman–Crippen MR) is 99.6 cm³/mol. The fourth-order valence-corrected chi connectivity index (χ4v) is 2.58. The smallest absolute Gasteiger partial charge is 0.336 e. The van der Waals surface area contributed by atoms with Gasteiger partial charge in [0.15, 0.2) is 6.10 Å². The van der Waals surface area contributed by atoms with E-state index in [1.54, 1.807) is 26.0 Å². The maximum Gasteiger partial charge on any atom is 0.336 e. The molecule has 2 N–H and O–H groups in total. The van der Waals surface area contributed by atoms with Crippen LogP contribution in [-0.4, -0.2) is 35.0 Å². The summed E-state index contributed by atoms with van der Waals surface area (Å²) in [4.78, 5) is 23.6. The molecule has 2 rings (SSSR count). The number of allylic oxidation sites excluding steroid dienone is 1. The zero-order chi connectivity index (χ0) is 20.4. The molecule has 0 unspecified atom stereocenters. The Hall–Kier alpha value is -2.64. The van der Waals surface area contributed by atoms with Gasteiger partial charge in [0.1, 0.15) is 17.4 Å². The summed E-state index contributed by atoms with van der Waals surface area (Å²) in [5, 5.41) is 21.5. The van der Waals surface area contributed by atoms with E-state index < -0.39 is 29.4 Å². The lowest BCUT2D eigenvalue weighted by molar-refractivity contribution is -0.162. The normalized spacial score (nSPS) is 13.7. The van der Waals surface area contributed by atoms with E-state index in [0.29, 0.717) is 10.9 Å². The lowest BCUT2D eigenvalue weighted by Crippen LogP contribution is -2.42. The Morgan fingerprint density at radius 3 is 2.48 bits per heavy atom. The van der Waals surface area contributed by atoms with Crippen LogP contribution < -0.4 is 10.4 Å². The number of ether oxygens (including phenoxy) is 2. The minimum absolute atomic E-state index is 0.246. The van der Waals surface area contributed by atoms with Crippen molar-refractivity contribution in [2.45, 2.75) is 45.5 Å². The van der Waals surface area contributed by atoms with Gasteiger partial charge >= 0.3 is 11.6 Å². The minimum Gasteiger partial charge on any atom is -0.496 e. The second kappa shape index (κ2) is 7.94. The number of carbonyl (C=O) groups excluding carboxylic acids is 1. The fraction of sp³-hybridized carbons (Fsp3) is 0.400. The lowest BCUT2D eigenvalue weighted by atomic mass is 9.91. The second-order valence-electron chi connectivity index (χ2n) is 7.06. The van der Waals surface area contributed by atoms with Crippen LogP contribution in [0, 0.1) is 0 Å². The van der Waals surface area contributed by atoms with Crippen LogP contribution in [0.25, 0.3) is 11.0 Å². The van der Waals surface area contributed by atoms with Crippen molar-refractivity contribution >= 4 is 16.9 Å². The average Bonchev–Trinajstić information content (AvgIpc) is 2.56. The molecule has 0 fully saturated rings. The van der Waals surface area contributed by atoms with Crippen LogP contribution in [-0.2, 0) is 9.53 Å². The van der Waals surface area contributed by atoms with Crippen molar-refractivity contribution in [3.63, 3.8) is 0 Å². The summed E-state index contributed by atoms with van der Waals surface area (Å²) in [5.74, 6) is -0.416. The number of rotatable bonds is 6. The molecule has 0 amide bonds. The van der Waals surface area contributed by atoms with Gasteiger partial charge < -0.3 is 24.1 Å². The summed E-state index contributed by atoms with van der Waals surface area (Å²) in [6.07, 6.45) is -1.36. The quantitative estimate of drug-likeness (QED) is 0.453. The standard InChI is InChI=1S/C20H24O7/c1-11(2)8-17(22)27-18(19(23)20(3,4)24)13-9-12-6-7-16(21)26-14(12)10-15(13)25-5/h6-10,18-19,23-24H,1-5H3/t18-,19-/m0/s1. The van der Waals surface area contributed by atoms with E-state index in [2.05, 4.69) is 0 Å². The van der Waals surface area contributed by atoms with Crippen LogP contribution in [0.1, 0.15) is 39.4 Å². The monoisotopic (exact) mass is 376 g/mol. The van der Waals surface area contributed by atoms with Crippen molar-refractivity contribution in [1.82, 2.24) is 0 Å². The Balaban J connectivity index is 2.62. The van der Waals surface area contributed by atoms with Gasteiger partial charge in [-0.2, -0.15) is 0 Å². The van der Waals surface area contributed by atoms with Crippen molar-refractivity contribution in [2.24, 2.45) is 0 Å². The molecule has 2 aromatic rings. The third kappa shape index (κ3) is 4.96. The summed E-state index contributed by atoms with van der Waals surface area (Å²) < 4.78 is 15.9. The van der Waals surface area contributed by atoms with Gasteiger partial charge in [0.25, 0.3) is 0 Å². The van der Waals surface area contributed by atoms with Crippen molar-refractivity contribution in [3.05, 3.63) is 51.9 Å². The number of aliphatic hydroxyl groups is 2. The highest BCUT2D eigenvalue weighted by molar-refractivity contribution is 5.83. The number of aliphatic hydroxyl groups excluding tert-OH is 1. The third-order valence-electron chi connectivity index (χ3n) is 3.94. The molecule has 0 aliphatic carbocycles. The maximum absolute atomic E-state index is 12.2. The molecule has 2 atom stereocenters. The number of hydrogen-bond acceptors (Lipinski definition) is 7. The first kappa shape index (κ1) is 20.7. The Labute approximate surface area is 156 Å². The summed E-state index contributed by atoms with van der Waals surface area (Å²) in [5.41, 5.74) is -0.720. The first-order valence-corrected chi connectivity index (χ1v) is 8.40. The van der Waals surface area contributed by atoms with E-state index >= 15 is 0 Å². The molecular weight excluding hydrogens is 352 g/mol. The van der Waals surface area contributed by atoms with Gasteiger partial charge in [0.05, 0.1) is 12.7 Å².